The minimum absolute atomic E-state index is 0.650. The van der Waals surface area contributed by atoms with E-state index in [1.165, 1.54) is 12.8 Å². The zero-order chi connectivity index (χ0) is 13.4. The van der Waals surface area contributed by atoms with Crippen LogP contribution in [-0.2, 0) is 6.54 Å². The summed E-state index contributed by atoms with van der Waals surface area (Å²) in [5.41, 5.74) is 3.39. The normalized spacial score (nSPS) is 14.9. The number of hydrogen-bond acceptors (Lipinski definition) is 4. The lowest BCUT2D eigenvalue weighted by Crippen LogP contribution is -2.19. The molecule has 0 bridgehead atoms. The number of rotatable bonds is 4. The molecule has 1 saturated carbocycles. The lowest BCUT2D eigenvalue weighted by Gasteiger charge is -2.12. The van der Waals surface area contributed by atoms with Gasteiger partial charge in [0.2, 0.25) is 0 Å². The van der Waals surface area contributed by atoms with E-state index in [-0.39, 0.29) is 0 Å². The summed E-state index contributed by atoms with van der Waals surface area (Å²) < 4.78 is 2.92. The Morgan fingerprint density at radius 1 is 1.32 bits per heavy atom. The Hall–Kier alpha value is -1.27. The van der Waals surface area contributed by atoms with Crippen LogP contribution in [0, 0.1) is 13.8 Å². The Morgan fingerprint density at radius 3 is 2.63 bits per heavy atom. The molecule has 0 atom stereocenters. The monoisotopic (exact) mass is 321 g/mol. The van der Waals surface area contributed by atoms with E-state index in [1.54, 1.807) is 0 Å². The quantitative estimate of drug-likeness (QED) is 0.938. The van der Waals surface area contributed by atoms with E-state index in [1.807, 2.05) is 4.68 Å². The molecule has 0 aliphatic heterocycles. The van der Waals surface area contributed by atoms with E-state index in [9.17, 15) is 0 Å². The molecule has 1 aliphatic carbocycles. The maximum Gasteiger partial charge on any atom is 0.170 e. The largest absolute Gasteiger partial charge is 0.307 e. The zero-order valence-electron chi connectivity index (χ0n) is 11.0. The van der Waals surface area contributed by atoms with Crippen molar-refractivity contribution in [1.29, 1.82) is 0 Å². The number of hydrogen-bond donors (Lipinski definition) is 1. The molecular weight excluding hydrogens is 306 g/mol. The van der Waals surface area contributed by atoms with Gasteiger partial charge >= 0.3 is 0 Å². The van der Waals surface area contributed by atoms with Crippen molar-refractivity contribution in [2.75, 3.05) is 0 Å². The first-order chi connectivity index (χ1) is 9.15. The molecule has 6 heteroatoms. The molecule has 1 heterocycles. The molecule has 1 aliphatic rings. The lowest BCUT2D eigenvalue weighted by molar-refractivity contribution is 0.636. The predicted molar refractivity (Wildman–Crippen MR) is 76.2 cm³/mol. The van der Waals surface area contributed by atoms with Crippen LogP contribution in [0.25, 0.3) is 5.69 Å². The molecule has 19 heavy (non-hydrogen) atoms. The summed E-state index contributed by atoms with van der Waals surface area (Å²) >= 11 is 3.51. The van der Waals surface area contributed by atoms with E-state index >= 15 is 0 Å². The molecular formula is C13H16BrN5. The van der Waals surface area contributed by atoms with Crippen LogP contribution in [0.5, 0.6) is 0 Å². The first-order valence-electron chi connectivity index (χ1n) is 6.43. The minimum atomic E-state index is 0.650. The van der Waals surface area contributed by atoms with Gasteiger partial charge in [-0.15, -0.1) is 5.10 Å². The molecule has 0 spiro atoms. The maximum absolute atomic E-state index is 4.14. The average Bonchev–Trinajstić information content (AvgIpc) is 3.06. The van der Waals surface area contributed by atoms with Crippen LogP contribution in [0.3, 0.4) is 0 Å². The van der Waals surface area contributed by atoms with Gasteiger partial charge in [0.1, 0.15) is 0 Å². The summed E-state index contributed by atoms with van der Waals surface area (Å²) in [6.07, 6.45) is 2.52. The van der Waals surface area contributed by atoms with Crippen molar-refractivity contribution in [3.63, 3.8) is 0 Å². The first kappa shape index (κ1) is 12.7. The second-order valence-corrected chi connectivity index (χ2v) is 5.97. The third-order valence-electron chi connectivity index (χ3n) is 3.33. The fraction of sp³-hybridized carbons (Fsp3) is 0.462. The molecule has 1 fully saturated rings. The van der Waals surface area contributed by atoms with Crippen LogP contribution in [0.1, 0.15) is 29.8 Å². The summed E-state index contributed by atoms with van der Waals surface area (Å²) in [4.78, 5) is 0. The summed E-state index contributed by atoms with van der Waals surface area (Å²) in [7, 11) is 0. The van der Waals surface area contributed by atoms with Crippen molar-refractivity contribution in [3.8, 4) is 5.69 Å². The Bertz CT molecular complexity index is 580. The highest BCUT2D eigenvalue weighted by atomic mass is 79.9. The van der Waals surface area contributed by atoms with Crippen LogP contribution in [0.4, 0.5) is 0 Å². The SMILES string of the molecule is Cc1cc(Br)cc(C)c1-n1nnnc1CNC1CC1. The second-order valence-electron chi connectivity index (χ2n) is 5.05. The van der Waals surface area contributed by atoms with Crippen molar-refractivity contribution < 1.29 is 0 Å². The zero-order valence-corrected chi connectivity index (χ0v) is 12.6. The van der Waals surface area contributed by atoms with E-state index in [2.05, 4.69) is 62.8 Å². The van der Waals surface area contributed by atoms with Gasteiger partial charge in [-0.2, -0.15) is 4.68 Å². The highest BCUT2D eigenvalue weighted by molar-refractivity contribution is 9.10. The van der Waals surface area contributed by atoms with Gasteiger partial charge in [-0.3, -0.25) is 0 Å². The highest BCUT2D eigenvalue weighted by Gasteiger charge is 2.22. The van der Waals surface area contributed by atoms with Gasteiger partial charge in [0.15, 0.2) is 5.82 Å². The smallest absolute Gasteiger partial charge is 0.170 e. The molecule has 2 aromatic rings. The van der Waals surface area contributed by atoms with Gasteiger partial charge in [-0.25, -0.2) is 0 Å². The Kier molecular flexibility index (Phi) is 3.36. The van der Waals surface area contributed by atoms with E-state index in [0.717, 1.165) is 27.1 Å². The van der Waals surface area contributed by atoms with E-state index in [0.29, 0.717) is 12.6 Å². The van der Waals surface area contributed by atoms with Crippen LogP contribution < -0.4 is 5.32 Å². The number of tetrazole rings is 1. The minimum Gasteiger partial charge on any atom is -0.307 e. The molecule has 100 valence electrons. The molecule has 1 aromatic carbocycles. The molecule has 0 amide bonds. The topological polar surface area (TPSA) is 55.6 Å². The van der Waals surface area contributed by atoms with Crippen molar-refractivity contribution in [2.24, 2.45) is 0 Å². The molecule has 0 saturated heterocycles. The lowest BCUT2D eigenvalue weighted by atomic mass is 10.1. The predicted octanol–water partition coefficient (Wildman–Crippen LogP) is 2.29. The third kappa shape index (κ3) is 2.69. The summed E-state index contributed by atoms with van der Waals surface area (Å²) in [5.74, 6) is 0.862. The van der Waals surface area contributed by atoms with Gasteiger partial charge in [-0.05, 0) is 60.4 Å². The van der Waals surface area contributed by atoms with Crippen LogP contribution in [0.2, 0.25) is 0 Å². The van der Waals surface area contributed by atoms with Gasteiger partial charge in [0, 0.05) is 10.5 Å². The number of halogens is 1. The standard InChI is InChI=1S/C13H16BrN5/c1-8-5-10(14)6-9(2)13(8)19-12(16-17-18-19)7-15-11-3-4-11/h5-6,11,15H,3-4,7H2,1-2H3. The van der Waals surface area contributed by atoms with E-state index < -0.39 is 0 Å². The number of benzene rings is 1. The van der Waals surface area contributed by atoms with Gasteiger partial charge in [0.05, 0.1) is 12.2 Å². The van der Waals surface area contributed by atoms with Crippen molar-refractivity contribution in [1.82, 2.24) is 25.5 Å². The summed E-state index contributed by atoms with van der Waals surface area (Å²) in [6, 6.07) is 4.82. The highest BCUT2D eigenvalue weighted by Crippen LogP contribution is 2.24. The van der Waals surface area contributed by atoms with Crippen molar-refractivity contribution in [3.05, 3.63) is 33.6 Å². The van der Waals surface area contributed by atoms with Crippen molar-refractivity contribution in [2.45, 2.75) is 39.3 Å². The van der Waals surface area contributed by atoms with Gasteiger partial charge in [-0.1, -0.05) is 15.9 Å². The molecule has 0 unspecified atom stereocenters. The number of nitrogens with zero attached hydrogens (tertiary/aromatic N) is 4. The molecule has 5 nitrogen and oxygen atoms in total. The summed E-state index contributed by atoms with van der Waals surface area (Å²) in [6.45, 7) is 4.87. The Labute approximate surface area is 120 Å². The third-order valence-corrected chi connectivity index (χ3v) is 3.79. The van der Waals surface area contributed by atoms with Crippen LogP contribution in [-0.4, -0.2) is 26.2 Å². The molecule has 1 aromatic heterocycles. The van der Waals surface area contributed by atoms with Crippen LogP contribution in [0.15, 0.2) is 16.6 Å². The van der Waals surface area contributed by atoms with Crippen molar-refractivity contribution >= 4 is 15.9 Å². The second kappa shape index (κ2) is 5.02. The van der Waals surface area contributed by atoms with Gasteiger partial charge < -0.3 is 5.32 Å². The molecule has 0 radical (unpaired) electrons. The fourth-order valence-corrected chi connectivity index (χ4v) is 2.94. The summed E-state index contributed by atoms with van der Waals surface area (Å²) in [5, 5.41) is 15.5. The molecule has 3 rings (SSSR count). The fourth-order valence-electron chi connectivity index (χ4n) is 2.25. The number of nitrogens with one attached hydrogen (secondary N) is 1. The van der Waals surface area contributed by atoms with Gasteiger partial charge in [0.25, 0.3) is 0 Å². The number of aromatic nitrogens is 4. The first-order valence-corrected chi connectivity index (χ1v) is 7.22. The molecule has 1 N–H and O–H groups in total. The maximum atomic E-state index is 4.14. The van der Waals surface area contributed by atoms with E-state index in [4.69, 9.17) is 0 Å². The Balaban J connectivity index is 1.95. The Morgan fingerprint density at radius 2 is 2.00 bits per heavy atom. The average molecular weight is 322 g/mol. The number of aryl methyl sites for hydroxylation is 2. The van der Waals surface area contributed by atoms with Crippen LogP contribution >= 0.6 is 15.9 Å².